The van der Waals surface area contributed by atoms with Crippen molar-refractivity contribution < 1.29 is 33.0 Å². The van der Waals surface area contributed by atoms with Crippen LogP contribution in [-0.4, -0.2) is 69.9 Å². The Kier molecular flexibility index (Phi) is 7.52. The van der Waals surface area contributed by atoms with Gasteiger partial charge in [0.25, 0.3) is 0 Å². The fourth-order valence-corrected chi connectivity index (χ4v) is 6.38. The third-order valence-corrected chi connectivity index (χ3v) is 8.51. The number of amides is 1. The molecule has 216 valence electrons. The number of carboxylic acids is 1. The molecular formula is C31H34FN3O6. The summed E-state index contributed by atoms with van der Waals surface area (Å²) in [5, 5.41) is 10.2. The number of halogens is 1. The molecule has 0 bridgehead atoms. The van der Waals surface area contributed by atoms with E-state index in [-0.39, 0.29) is 47.6 Å². The molecule has 2 aromatic heterocycles. The van der Waals surface area contributed by atoms with Crippen molar-refractivity contribution in [1.29, 1.82) is 0 Å². The monoisotopic (exact) mass is 563 g/mol. The van der Waals surface area contributed by atoms with Crippen molar-refractivity contribution in [1.82, 2.24) is 14.5 Å². The second kappa shape index (κ2) is 11.3. The summed E-state index contributed by atoms with van der Waals surface area (Å²) in [4.78, 5) is 31.0. The molecule has 2 aliphatic rings. The van der Waals surface area contributed by atoms with Crippen molar-refractivity contribution >= 4 is 33.9 Å². The van der Waals surface area contributed by atoms with Crippen LogP contribution in [0.3, 0.4) is 0 Å². The summed E-state index contributed by atoms with van der Waals surface area (Å²) in [6, 6.07) is 11.0. The molecule has 6 rings (SSSR count). The zero-order valence-electron chi connectivity index (χ0n) is 23.2. The van der Waals surface area contributed by atoms with E-state index in [0.29, 0.717) is 56.7 Å². The van der Waals surface area contributed by atoms with Gasteiger partial charge in [-0.25, -0.2) is 9.37 Å². The van der Waals surface area contributed by atoms with Gasteiger partial charge < -0.3 is 28.5 Å². The van der Waals surface area contributed by atoms with E-state index < -0.39 is 11.8 Å². The summed E-state index contributed by atoms with van der Waals surface area (Å²) >= 11 is 0. The molecule has 3 heterocycles. The molecular weight excluding hydrogens is 529 g/mol. The van der Waals surface area contributed by atoms with E-state index in [9.17, 15) is 14.7 Å². The maximum atomic E-state index is 15.7. The summed E-state index contributed by atoms with van der Waals surface area (Å²) in [7, 11) is 3.53. The quantitative estimate of drug-likeness (QED) is 0.324. The number of hydrogen-bond donors (Lipinski definition) is 1. The smallest absolute Gasteiger partial charge is 0.306 e. The lowest BCUT2D eigenvalue weighted by atomic mass is 9.87. The van der Waals surface area contributed by atoms with Gasteiger partial charge in [-0.15, -0.1) is 0 Å². The van der Waals surface area contributed by atoms with E-state index in [1.165, 1.54) is 0 Å². The molecule has 0 radical (unpaired) electrons. The van der Waals surface area contributed by atoms with Crippen LogP contribution < -0.4 is 0 Å². The van der Waals surface area contributed by atoms with Crippen LogP contribution in [-0.2, 0) is 32.5 Å². The van der Waals surface area contributed by atoms with E-state index in [4.69, 9.17) is 13.9 Å². The number of likely N-dealkylation sites (tertiary alicyclic amines) is 1. The van der Waals surface area contributed by atoms with Gasteiger partial charge in [0, 0.05) is 43.4 Å². The van der Waals surface area contributed by atoms with Gasteiger partial charge in [0.15, 0.2) is 11.4 Å². The Hall–Kier alpha value is -3.76. The minimum atomic E-state index is -0.748. The third kappa shape index (κ3) is 5.34. The fourth-order valence-electron chi connectivity index (χ4n) is 6.38. The van der Waals surface area contributed by atoms with Gasteiger partial charge in [0.05, 0.1) is 42.8 Å². The molecule has 2 fully saturated rings. The van der Waals surface area contributed by atoms with Crippen molar-refractivity contribution in [2.24, 2.45) is 13.0 Å². The predicted octanol–water partition coefficient (Wildman–Crippen LogP) is 4.94. The van der Waals surface area contributed by atoms with E-state index in [1.54, 1.807) is 24.1 Å². The molecule has 2 atom stereocenters. The Morgan fingerprint density at radius 1 is 1.12 bits per heavy atom. The number of oxazole rings is 1. The van der Waals surface area contributed by atoms with Crippen LogP contribution in [0.4, 0.5) is 4.39 Å². The Bertz CT molecular complexity index is 1590. The number of carbonyl (C=O) groups is 2. The second-order valence-electron chi connectivity index (χ2n) is 11.2. The number of aryl methyl sites for hydroxylation is 1. The van der Waals surface area contributed by atoms with E-state index in [2.05, 4.69) is 4.98 Å². The lowest BCUT2D eigenvalue weighted by molar-refractivity contribution is -0.144. The zero-order chi connectivity index (χ0) is 28.7. The molecule has 1 N–H and O–H groups in total. The number of carbonyl (C=O) groups excluding carboxylic acids is 1. The molecule has 1 aliphatic heterocycles. The topological polar surface area (TPSA) is 107 Å². The first kappa shape index (κ1) is 27.4. The summed E-state index contributed by atoms with van der Waals surface area (Å²) in [5.74, 6) is -1.52. The number of ether oxygens (including phenoxy) is 2. The maximum Gasteiger partial charge on any atom is 0.306 e. The van der Waals surface area contributed by atoms with Crippen LogP contribution in [0.2, 0.25) is 0 Å². The zero-order valence-corrected chi connectivity index (χ0v) is 23.2. The molecule has 1 saturated heterocycles. The molecule has 1 saturated carbocycles. The second-order valence-corrected chi connectivity index (χ2v) is 11.2. The normalized spacial score (nSPS) is 23.0. The predicted molar refractivity (Wildman–Crippen MR) is 150 cm³/mol. The fraction of sp³-hybridized carbons (Fsp3) is 0.452. The number of para-hydroxylation sites is 1. The highest BCUT2D eigenvalue weighted by molar-refractivity contribution is 5.95. The van der Waals surface area contributed by atoms with Crippen LogP contribution in [0.25, 0.3) is 33.5 Å². The number of nitrogens with zero attached hydrogens (tertiary/aromatic N) is 3. The molecule has 2 aromatic carbocycles. The largest absolute Gasteiger partial charge is 0.481 e. The molecule has 41 heavy (non-hydrogen) atoms. The highest BCUT2D eigenvalue weighted by atomic mass is 19.1. The highest BCUT2D eigenvalue weighted by Gasteiger charge is 2.38. The van der Waals surface area contributed by atoms with Crippen molar-refractivity contribution in [2.45, 2.75) is 56.8 Å². The van der Waals surface area contributed by atoms with Crippen LogP contribution >= 0.6 is 0 Å². The molecule has 9 nitrogen and oxygen atoms in total. The van der Waals surface area contributed by atoms with Crippen LogP contribution in [0.5, 0.6) is 0 Å². The number of fused-ring (bicyclic) bond motifs is 2. The molecule has 0 spiro atoms. The first-order chi connectivity index (χ1) is 19.8. The lowest BCUT2D eigenvalue weighted by Crippen LogP contribution is -2.39. The number of rotatable bonds is 8. The third-order valence-electron chi connectivity index (χ3n) is 8.51. The first-order valence-electron chi connectivity index (χ1n) is 14.1. The van der Waals surface area contributed by atoms with Gasteiger partial charge >= 0.3 is 5.97 Å². The Morgan fingerprint density at radius 3 is 2.66 bits per heavy atom. The Balaban J connectivity index is 1.17. The van der Waals surface area contributed by atoms with Crippen molar-refractivity contribution in [3.8, 4) is 11.5 Å². The van der Waals surface area contributed by atoms with Crippen molar-refractivity contribution in [3.05, 3.63) is 54.0 Å². The average molecular weight is 564 g/mol. The minimum absolute atomic E-state index is 0.0175. The van der Waals surface area contributed by atoms with Crippen molar-refractivity contribution in [2.75, 3.05) is 20.3 Å². The number of benzene rings is 2. The summed E-state index contributed by atoms with van der Waals surface area (Å²) < 4.78 is 35.3. The van der Waals surface area contributed by atoms with Gasteiger partial charge in [-0.2, -0.15) is 0 Å². The van der Waals surface area contributed by atoms with Gasteiger partial charge in [-0.3, -0.25) is 9.59 Å². The average Bonchev–Trinajstić information content (AvgIpc) is 3.67. The molecule has 1 amide bonds. The van der Waals surface area contributed by atoms with Gasteiger partial charge in [-0.05, 0) is 44.2 Å². The summed E-state index contributed by atoms with van der Waals surface area (Å²) in [5.41, 5.74) is 2.47. The number of hydrogen-bond acceptors (Lipinski definition) is 6. The maximum absolute atomic E-state index is 15.7. The van der Waals surface area contributed by atoms with Gasteiger partial charge in [-0.1, -0.05) is 24.3 Å². The van der Waals surface area contributed by atoms with Crippen LogP contribution in [0.15, 0.2) is 47.0 Å². The number of aromatic nitrogens is 2. The van der Waals surface area contributed by atoms with E-state index in [0.717, 1.165) is 16.5 Å². The summed E-state index contributed by atoms with van der Waals surface area (Å²) in [6.07, 6.45) is 4.81. The standard InChI is InChI=1S/C31H34FN3O6/c1-34-16-24(23-5-3-4-6-26(23)34)30-33-25-12-9-19(28(32)29(25)41-30)13-27(36)35-15-22(14-20(35)17-39-2)40-21-10-7-18(8-11-21)31(37)38/h3-6,9,12,16,18,20-22H,7-8,10-11,13-15,17H2,1-2H3,(H,37,38)/t18-,20-,21-,22+/m0/s1. The van der Waals surface area contributed by atoms with Crippen molar-refractivity contribution in [3.63, 3.8) is 0 Å². The van der Waals surface area contributed by atoms with Gasteiger partial charge in [0.1, 0.15) is 5.52 Å². The van der Waals surface area contributed by atoms with Crippen LogP contribution in [0, 0.1) is 11.7 Å². The molecule has 10 heteroatoms. The van der Waals surface area contributed by atoms with Gasteiger partial charge in [0.2, 0.25) is 11.8 Å². The SMILES string of the molecule is COC[C@@H]1C[C@@H](O[C@H]2CC[C@H](C(=O)O)CC2)CN1C(=O)Cc1ccc2nc(-c3cn(C)c4ccccc34)oc2c1F. The van der Waals surface area contributed by atoms with E-state index >= 15 is 4.39 Å². The van der Waals surface area contributed by atoms with Crippen LogP contribution in [0.1, 0.15) is 37.7 Å². The number of methoxy groups -OCH3 is 1. The molecule has 4 aromatic rings. The minimum Gasteiger partial charge on any atom is -0.481 e. The molecule has 0 unspecified atom stereocenters. The number of aliphatic carboxylic acids is 1. The number of carboxylic acid groups (broad SMARTS) is 1. The highest BCUT2D eigenvalue weighted by Crippen LogP contribution is 2.34. The molecule has 1 aliphatic carbocycles. The Labute approximate surface area is 236 Å². The lowest BCUT2D eigenvalue weighted by Gasteiger charge is -2.28. The first-order valence-corrected chi connectivity index (χ1v) is 14.1. The van der Waals surface area contributed by atoms with E-state index in [1.807, 2.05) is 42.1 Å². The Morgan fingerprint density at radius 2 is 1.90 bits per heavy atom. The summed E-state index contributed by atoms with van der Waals surface area (Å²) in [6.45, 7) is 0.748.